The van der Waals surface area contributed by atoms with E-state index in [1.165, 1.54) is 25.3 Å². The van der Waals surface area contributed by atoms with E-state index in [4.69, 9.17) is 18.0 Å². The molecule has 2 rings (SSSR count). The maximum atomic E-state index is 12.7. The van der Waals surface area contributed by atoms with Crippen LogP contribution in [0.25, 0.3) is 0 Å². The Morgan fingerprint density at radius 1 is 1.52 bits per heavy atom. The summed E-state index contributed by atoms with van der Waals surface area (Å²) in [5.74, 6) is -1.38. The van der Waals surface area contributed by atoms with Gasteiger partial charge < -0.3 is 5.73 Å². The van der Waals surface area contributed by atoms with E-state index in [-0.39, 0.29) is 15.6 Å². The Kier molecular flexibility index (Phi) is 4.03. The number of nitrogens with two attached hydrogens (primary N) is 1. The number of pyridine rings is 1. The number of sulfonamides is 1. The van der Waals surface area contributed by atoms with Crippen molar-refractivity contribution in [2.45, 2.75) is 17.9 Å². The lowest BCUT2D eigenvalue weighted by Crippen LogP contribution is -2.58. The van der Waals surface area contributed by atoms with Gasteiger partial charge in [0.1, 0.15) is 21.6 Å². The van der Waals surface area contributed by atoms with E-state index in [1.807, 2.05) is 0 Å². The lowest BCUT2D eigenvalue weighted by molar-refractivity contribution is -0.136. The molecule has 1 fully saturated rings. The molecule has 112 valence electrons. The summed E-state index contributed by atoms with van der Waals surface area (Å²) in [4.78, 5) is 26.5. The summed E-state index contributed by atoms with van der Waals surface area (Å²) >= 11 is 4.78. The van der Waals surface area contributed by atoms with Crippen molar-refractivity contribution in [3.63, 3.8) is 0 Å². The minimum Gasteiger partial charge on any atom is -0.388 e. The summed E-state index contributed by atoms with van der Waals surface area (Å²) in [7, 11) is -4.13. The first-order chi connectivity index (χ1) is 9.75. The maximum absolute atomic E-state index is 12.7. The molecule has 0 spiro atoms. The van der Waals surface area contributed by atoms with Crippen LogP contribution in [-0.2, 0) is 19.6 Å². The van der Waals surface area contributed by atoms with Crippen molar-refractivity contribution < 1.29 is 18.0 Å². The molecule has 1 atom stereocenters. The second kappa shape index (κ2) is 5.47. The standard InChI is InChI=1S/C11H12N4O4S2/c1-6-11(17)14-8(16)5-15(6)21(18,19)7-3-2-4-13-9(7)10(12)20/h2-4,6H,5H2,1H3,(H2,12,20)(H,14,16,17). The zero-order valence-corrected chi connectivity index (χ0v) is 12.6. The van der Waals surface area contributed by atoms with Gasteiger partial charge in [0, 0.05) is 6.20 Å². The Balaban J connectivity index is 2.54. The van der Waals surface area contributed by atoms with Gasteiger partial charge in [0.25, 0.3) is 0 Å². The third kappa shape index (κ3) is 2.77. The number of thiocarbonyl (C=S) groups is 1. The van der Waals surface area contributed by atoms with Crippen molar-refractivity contribution in [2.24, 2.45) is 5.73 Å². The Morgan fingerprint density at radius 2 is 2.19 bits per heavy atom. The number of aromatic nitrogens is 1. The molecule has 0 aliphatic carbocycles. The number of nitrogens with one attached hydrogen (secondary N) is 1. The van der Waals surface area contributed by atoms with Crippen LogP contribution in [0.1, 0.15) is 12.6 Å². The number of carbonyl (C=O) groups excluding carboxylic acids is 2. The fraction of sp³-hybridized carbons (Fsp3) is 0.273. The molecule has 1 aliphatic heterocycles. The second-order valence-corrected chi connectivity index (χ2v) is 6.65. The summed E-state index contributed by atoms with van der Waals surface area (Å²) in [6.07, 6.45) is 1.35. The summed E-state index contributed by atoms with van der Waals surface area (Å²) < 4.78 is 26.1. The molecule has 2 amide bonds. The first-order valence-corrected chi connectivity index (χ1v) is 7.70. The monoisotopic (exact) mass is 328 g/mol. The summed E-state index contributed by atoms with van der Waals surface area (Å²) in [6, 6.07) is 1.67. The topological polar surface area (TPSA) is 122 Å². The lowest BCUT2D eigenvalue weighted by Gasteiger charge is -2.30. The molecule has 1 aromatic rings. The van der Waals surface area contributed by atoms with Crippen LogP contribution >= 0.6 is 12.2 Å². The predicted octanol–water partition coefficient (Wildman–Crippen LogP) is -1.25. The minimum atomic E-state index is -4.13. The van der Waals surface area contributed by atoms with Gasteiger partial charge >= 0.3 is 0 Å². The molecule has 1 unspecified atom stereocenters. The molecule has 3 N–H and O–H groups in total. The van der Waals surface area contributed by atoms with Crippen LogP contribution in [0.4, 0.5) is 0 Å². The number of imide groups is 1. The largest absolute Gasteiger partial charge is 0.388 e. The molecule has 1 aromatic heterocycles. The first-order valence-electron chi connectivity index (χ1n) is 5.85. The SMILES string of the molecule is CC1C(=O)NC(=O)CN1S(=O)(=O)c1cccnc1C(N)=S. The average molecular weight is 328 g/mol. The van der Waals surface area contributed by atoms with Crippen LogP contribution in [-0.4, -0.2) is 47.1 Å². The van der Waals surface area contributed by atoms with Crippen LogP contribution in [0.15, 0.2) is 23.2 Å². The summed E-state index contributed by atoms with van der Waals surface area (Å²) in [5, 5.41) is 2.07. The Hall–Kier alpha value is -1.91. The molecule has 0 bridgehead atoms. The fourth-order valence-electron chi connectivity index (χ4n) is 1.89. The van der Waals surface area contributed by atoms with Gasteiger partial charge in [-0.15, -0.1) is 0 Å². The number of hydrogen-bond donors (Lipinski definition) is 2. The average Bonchev–Trinajstić information content (AvgIpc) is 2.42. The van der Waals surface area contributed by atoms with Gasteiger partial charge in [0.2, 0.25) is 21.8 Å². The van der Waals surface area contributed by atoms with Crippen molar-refractivity contribution >= 4 is 39.0 Å². The highest BCUT2D eigenvalue weighted by molar-refractivity contribution is 7.89. The Labute approximate surface area is 126 Å². The van der Waals surface area contributed by atoms with Gasteiger partial charge in [-0.25, -0.2) is 8.42 Å². The molecule has 0 radical (unpaired) electrons. The van der Waals surface area contributed by atoms with E-state index in [0.717, 1.165) is 4.31 Å². The third-order valence-corrected chi connectivity index (χ3v) is 5.11. The molecule has 1 aliphatic rings. The molecular formula is C11H12N4O4S2. The van der Waals surface area contributed by atoms with E-state index in [9.17, 15) is 18.0 Å². The van der Waals surface area contributed by atoms with Crippen molar-refractivity contribution in [1.82, 2.24) is 14.6 Å². The van der Waals surface area contributed by atoms with Gasteiger partial charge in [-0.3, -0.25) is 19.9 Å². The second-order valence-electron chi connectivity index (χ2n) is 4.35. The summed E-state index contributed by atoms with van der Waals surface area (Å²) in [6.45, 7) is 0.928. The quantitative estimate of drug-likeness (QED) is 0.525. The summed E-state index contributed by atoms with van der Waals surface area (Å²) in [5.41, 5.74) is 5.40. The van der Waals surface area contributed by atoms with E-state index >= 15 is 0 Å². The van der Waals surface area contributed by atoms with Crippen molar-refractivity contribution in [3.8, 4) is 0 Å². The fourth-order valence-corrected chi connectivity index (χ4v) is 3.83. The molecule has 21 heavy (non-hydrogen) atoms. The van der Waals surface area contributed by atoms with Gasteiger partial charge in [-0.1, -0.05) is 12.2 Å². The molecule has 8 nitrogen and oxygen atoms in total. The number of hydrogen-bond acceptors (Lipinski definition) is 6. The highest BCUT2D eigenvalue weighted by Crippen LogP contribution is 2.22. The third-order valence-electron chi connectivity index (χ3n) is 2.96. The molecule has 2 heterocycles. The normalized spacial score (nSPS) is 20.1. The van der Waals surface area contributed by atoms with E-state index in [1.54, 1.807) is 0 Å². The van der Waals surface area contributed by atoms with Crippen molar-refractivity contribution in [2.75, 3.05) is 6.54 Å². The van der Waals surface area contributed by atoms with Gasteiger partial charge in [-0.05, 0) is 19.1 Å². The van der Waals surface area contributed by atoms with Crippen molar-refractivity contribution in [1.29, 1.82) is 0 Å². The van der Waals surface area contributed by atoms with Crippen LogP contribution in [0, 0.1) is 0 Å². The smallest absolute Gasteiger partial charge is 0.246 e. The Morgan fingerprint density at radius 3 is 2.81 bits per heavy atom. The van der Waals surface area contributed by atoms with E-state index in [2.05, 4.69) is 10.3 Å². The van der Waals surface area contributed by atoms with E-state index in [0.29, 0.717) is 0 Å². The number of piperazine rings is 1. The molecule has 0 saturated carbocycles. The highest BCUT2D eigenvalue weighted by atomic mass is 32.2. The van der Waals surface area contributed by atoms with Crippen molar-refractivity contribution in [3.05, 3.63) is 24.0 Å². The maximum Gasteiger partial charge on any atom is 0.246 e. The first kappa shape index (κ1) is 15.5. The molecule has 0 aromatic carbocycles. The van der Waals surface area contributed by atoms with Gasteiger partial charge in [0.05, 0.1) is 6.54 Å². The predicted molar refractivity (Wildman–Crippen MR) is 76.6 cm³/mol. The van der Waals surface area contributed by atoms with Crippen LogP contribution in [0.3, 0.4) is 0 Å². The zero-order chi connectivity index (χ0) is 15.8. The molecule has 10 heteroatoms. The Bertz CT molecular complexity index is 731. The van der Waals surface area contributed by atoms with Crippen LogP contribution in [0.2, 0.25) is 0 Å². The highest BCUT2D eigenvalue weighted by Gasteiger charge is 2.40. The van der Waals surface area contributed by atoms with E-state index < -0.39 is 34.4 Å². The zero-order valence-electron chi connectivity index (χ0n) is 10.9. The van der Waals surface area contributed by atoms with Crippen LogP contribution < -0.4 is 11.1 Å². The number of amides is 2. The minimum absolute atomic E-state index is 0.0712. The van der Waals surface area contributed by atoms with Gasteiger partial charge in [0.15, 0.2) is 0 Å². The molecule has 1 saturated heterocycles. The lowest BCUT2D eigenvalue weighted by atomic mass is 10.2. The van der Waals surface area contributed by atoms with Gasteiger partial charge in [-0.2, -0.15) is 4.31 Å². The number of rotatable bonds is 3. The van der Waals surface area contributed by atoms with Crippen LogP contribution in [0.5, 0.6) is 0 Å². The number of carbonyl (C=O) groups is 2. The number of nitrogens with zero attached hydrogens (tertiary/aromatic N) is 2. The molecular weight excluding hydrogens is 316 g/mol.